The van der Waals surface area contributed by atoms with Gasteiger partial charge in [-0.05, 0) is 12.1 Å². The Kier molecular flexibility index (Phi) is 4.89. The summed E-state index contributed by atoms with van der Waals surface area (Å²) in [6.45, 7) is -0.0166. The SMILES string of the molecule is O=C(CNc1nccs1)c1nccn2cc(-c3cccc(OC(F)(F)F)c3)nc12. The van der Waals surface area contributed by atoms with Crippen molar-refractivity contribution in [2.75, 3.05) is 11.9 Å². The van der Waals surface area contributed by atoms with Crippen LogP contribution in [0.2, 0.25) is 0 Å². The highest BCUT2D eigenvalue weighted by atomic mass is 32.1. The highest BCUT2D eigenvalue weighted by molar-refractivity contribution is 7.13. The number of fused-ring (bicyclic) bond motifs is 1. The number of rotatable bonds is 6. The monoisotopic (exact) mass is 419 g/mol. The van der Waals surface area contributed by atoms with Crippen molar-refractivity contribution in [3.63, 3.8) is 0 Å². The molecule has 3 aromatic heterocycles. The summed E-state index contributed by atoms with van der Waals surface area (Å²) in [5.74, 6) is -0.647. The number of thiazole rings is 1. The van der Waals surface area contributed by atoms with Crippen molar-refractivity contribution < 1.29 is 22.7 Å². The molecule has 1 aromatic carbocycles. The van der Waals surface area contributed by atoms with E-state index in [4.69, 9.17) is 0 Å². The van der Waals surface area contributed by atoms with Crippen molar-refractivity contribution in [3.05, 3.63) is 60.1 Å². The van der Waals surface area contributed by atoms with Crippen LogP contribution in [0.3, 0.4) is 0 Å². The summed E-state index contributed by atoms with van der Waals surface area (Å²) in [6.07, 6.45) is 1.50. The van der Waals surface area contributed by atoms with Crippen molar-refractivity contribution in [2.24, 2.45) is 0 Å². The van der Waals surface area contributed by atoms with Gasteiger partial charge in [-0.1, -0.05) is 12.1 Å². The van der Waals surface area contributed by atoms with Crippen molar-refractivity contribution >= 4 is 27.9 Å². The standard InChI is InChI=1S/C18H12F3N5O2S/c19-18(20,21)28-12-3-1-2-11(8-12)13-10-26-6-4-22-15(16(26)25-13)14(27)9-24-17-23-5-7-29-17/h1-8,10H,9H2,(H,23,24). The van der Waals surface area contributed by atoms with E-state index in [0.29, 0.717) is 22.0 Å². The van der Waals surface area contributed by atoms with Gasteiger partial charge in [0.25, 0.3) is 0 Å². The molecule has 7 nitrogen and oxygen atoms in total. The minimum Gasteiger partial charge on any atom is -0.406 e. The smallest absolute Gasteiger partial charge is 0.406 e. The summed E-state index contributed by atoms with van der Waals surface area (Å²) in [5.41, 5.74) is 1.24. The van der Waals surface area contributed by atoms with Crippen LogP contribution in [-0.2, 0) is 0 Å². The summed E-state index contributed by atoms with van der Waals surface area (Å²) in [7, 11) is 0. The molecule has 4 rings (SSSR count). The van der Waals surface area contributed by atoms with E-state index in [1.54, 1.807) is 34.4 Å². The lowest BCUT2D eigenvalue weighted by atomic mass is 10.1. The molecule has 0 aliphatic rings. The lowest BCUT2D eigenvalue weighted by molar-refractivity contribution is -0.274. The zero-order chi connectivity index (χ0) is 20.4. The number of alkyl halides is 3. The van der Waals surface area contributed by atoms with Gasteiger partial charge in [-0.15, -0.1) is 24.5 Å². The molecule has 0 atom stereocenters. The second-order valence-electron chi connectivity index (χ2n) is 5.82. The van der Waals surface area contributed by atoms with Crippen LogP contribution >= 0.6 is 11.3 Å². The molecule has 0 bridgehead atoms. The molecule has 148 valence electrons. The number of nitrogens with one attached hydrogen (secondary N) is 1. The van der Waals surface area contributed by atoms with Gasteiger partial charge >= 0.3 is 6.36 Å². The van der Waals surface area contributed by atoms with Gasteiger partial charge in [0.15, 0.2) is 16.5 Å². The van der Waals surface area contributed by atoms with E-state index >= 15 is 0 Å². The first kappa shape index (κ1) is 18.9. The fraction of sp³-hybridized carbons (Fsp3) is 0.111. The molecule has 11 heteroatoms. The molecule has 0 saturated heterocycles. The summed E-state index contributed by atoms with van der Waals surface area (Å²) < 4.78 is 42.9. The molecule has 0 unspecified atom stereocenters. The molecule has 0 aliphatic carbocycles. The van der Waals surface area contributed by atoms with Gasteiger partial charge in [0.2, 0.25) is 5.78 Å². The van der Waals surface area contributed by atoms with Gasteiger partial charge in [0.1, 0.15) is 5.75 Å². The molecule has 4 aromatic rings. The van der Waals surface area contributed by atoms with E-state index in [2.05, 4.69) is 25.0 Å². The third-order valence-corrected chi connectivity index (χ3v) is 4.57. The first-order chi connectivity index (χ1) is 13.9. The second-order valence-corrected chi connectivity index (χ2v) is 6.72. The molecule has 0 spiro atoms. The Balaban J connectivity index is 1.62. The van der Waals surface area contributed by atoms with Gasteiger partial charge in [-0.3, -0.25) is 4.79 Å². The third-order valence-electron chi connectivity index (χ3n) is 3.83. The number of nitrogens with zero attached hydrogens (tertiary/aromatic N) is 4. The van der Waals surface area contributed by atoms with E-state index < -0.39 is 6.36 Å². The van der Waals surface area contributed by atoms with Crippen LogP contribution < -0.4 is 10.1 Å². The largest absolute Gasteiger partial charge is 0.573 e. The zero-order valence-corrected chi connectivity index (χ0v) is 15.4. The third kappa shape index (κ3) is 4.35. The number of imidazole rings is 1. The number of anilines is 1. The van der Waals surface area contributed by atoms with Gasteiger partial charge in [-0.2, -0.15) is 0 Å². The normalized spacial score (nSPS) is 11.6. The first-order valence-corrected chi connectivity index (χ1v) is 9.13. The Labute approximate surface area is 165 Å². The van der Waals surface area contributed by atoms with E-state index in [1.165, 1.54) is 35.7 Å². The highest BCUT2D eigenvalue weighted by Gasteiger charge is 2.31. The molecule has 1 N–H and O–H groups in total. The van der Waals surface area contributed by atoms with Crippen LogP contribution in [0.15, 0.2) is 54.4 Å². The topological polar surface area (TPSA) is 81.4 Å². The van der Waals surface area contributed by atoms with E-state index in [-0.39, 0.29) is 23.8 Å². The predicted octanol–water partition coefficient (Wildman–Crippen LogP) is 4.05. The summed E-state index contributed by atoms with van der Waals surface area (Å²) >= 11 is 1.36. The maximum absolute atomic E-state index is 12.6. The quantitative estimate of drug-likeness (QED) is 0.475. The minimum atomic E-state index is -4.79. The number of carbonyl (C=O) groups excluding carboxylic acids is 1. The highest BCUT2D eigenvalue weighted by Crippen LogP contribution is 2.28. The summed E-state index contributed by atoms with van der Waals surface area (Å²) in [6, 6.07) is 5.47. The summed E-state index contributed by atoms with van der Waals surface area (Å²) in [4.78, 5) is 25.1. The number of hydrogen-bond acceptors (Lipinski definition) is 7. The Morgan fingerprint density at radius 3 is 2.86 bits per heavy atom. The van der Waals surface area contributed by atoms with Crippen molar-refractivity contribution in [3.8, 4) is 17.0 Å². The van der Waals surface area contributed by atoms with Gasteiger partial charge in [0.05, 0.1) is 12.2 Å². The molecule has 0 saturated carbocycles. The maximum atomic E-state index is 12.6. The predicted molar refractivity (Wildman–Crippen MR) is 100 cm³/mol. The molecule has 0 aliphatic heterocycles. The fourth-order valence-corrected chi connectivity index (χ4v) is 3.19. The van der Waals surface area contributed by atoms with Crippen molar-refractivity contribution in [1.29, 1.82) is 0 Å². The number of ketones is 1. The maximum Gasteiger partial charge on any atom is 0.573 e. The number of benzene rings is 1. The van der Waals surface area contributed by atoms with Gasteiger partial charge < -0.3 is 14.5 Å². The van der Waals surface area contributed by atoms with Crippen LogP contribution in [-0.4, -0.2) is 38.0 Å². The van der Waals surface area contributed by atoms with E-state index in [1.807, 2.05) is 0 Å². The number of hydrogen-bond donors (Lipinski definition) is 1. The number of aromatic nitrogens is 4. The first-order valence-electron chi connectivity index (χ1n) is 8.25. The van der Waals surface area contributed by atoms with Crippen LogP contribution in [0.25, 0.3) is 16.9 Å². The molecule has 29 heavy (non-hydrogen) atoms. The Bertz CT molecular complexity index is 1160. The molecule has 0 amide bonds. The average Bonchev–Trinajstić information content (AvgIpc) is 3.34. The van der Waals surface area contributed by atoms with Crippen LogP contribution in [0.4, 0.5) is 18.3 Å². The average molecular weight is 419 g/mol. The van der Waals surface area contributed by atoms with Crippen LogP contribution in [0, 0.1) is 0 Å². The number of ether oxygens (including phenoxy) is 1. The Hall–Kier alpha value is -3.47. The number of Topliss-reactive ketones (excluding diaryl/α,β-unsaturated/α-hetero) is 1. The number of carbonyl (C=O) groups is 1. The number of halogens is 3. The lowest BCUT2D eigenvalue weighted by Gasteiger charge is -2.09. The zero-order valence-electron chi connectivity index (χ0n) is 14.6. The van der Waals surface area contributed by atoms with Crippen LogP contribution in [0.5, 0.6) is 5.75 Å². The Morgan fingerprint density at radius 1 is 1.24 bits per heavy atom. The summed E-state index contributed by atoms with van der Waals surface area (Å²) in [5, 5.41) is 5.30. The fourth-order valence-electron chi connectivity index (χ4n) is 2.66. The second kappa shape index (κ2) is 7.51. The van der Waals surface area contributed by atoms with E-state index in [9.17, 15) is 18.0 Å². The van der Waals surface area contributed by atoms with Crippen molar-refractivity contribution in [2.45, 2.75) is 6.36 Å². The van der Waals surface area contributed by atoms with Gasteiger partial charge in [0, 0.05) is 35.7 Å². The molecule has 0 radical (unpaired) electrons. The Morgan fingerprint density at radius 2 is 2.10 bits per heavy atom. The van der Waals surface area contributed by atoms with Crippen molar-refractivity contribution in [1.82, 2.24) is 19.4 Å². The lowest BCUT2D eigenvalue weighted by Crippen LogP contribution is -2.17. The molecule has 0 fully saturated rings. The van der Waals surface area contributed by atoms with Gasteiger partial charge in [-0.25, -0.2) is 15.0 Å². The molecule has 3 heterocycles. The molecular weight excluding hydrogens is 407 g/mol. The van der Waals surface area contributed by atoms with Crippen LogP contribution in [0.1, 0.15) is 10.5 Å². The molecular formula is C18H12F3N5O2S. The van der Waals surface area contributed by atoms with E-state index in [0.717, 1.165) is 0 Å². The minimum absolute atomic E-state index is 0.0166.